The first-order valence-electron chi connectivity index (χ1n) is 3.38. The molecule has 0 saturated heterocycles. The molecule has 0 unspecified atom stereocenters. The summed E-state index contributed by atoms with van der Waals surface area (Å²) in [6.45, 7) is 0. The highest BCUT2D eigenvalue weighted by Crippen LogP contribution is 2.07. The molecule has 0 bridgehead atoms. The number of hydrogen-bond donors (Lipinski definition) is 3. The second-order valence-corrected chi connectivity index (χ2v) is 4.04. The van der Waals surface area contributed by atoms with Crippen molar-refractivity contribution in [2.45, 2.75) is 4.90 Å². The average Bonchev–Trinajstić information content (AvgIpc) is 2.03. The van der Waals surface area contributed by atoms with Crippen LogP contribution in [0, 0.1) is 5.41 Å². The third-order valence-electron chi connectivity index (χ3n) is 1.49. The van der Waals surface area contributed by atoms with Crippen LogP contribution in [0.25, 0.3) is 0 Å². The van der Waals surface area contributed by atoms with E-state index in [2.05, 4.69) is 0 Å². The van der Waals surface area contributed by atoms with E-state index in [-0.39, 0.29) is 10.7 Å². The van der Waals surface area contributed by atoms with Crippen LogP contribution in [0.15, 0.2) is 29.2 Å². The number of primary sulfonamides is 1. The van der Waals surface area contributed by atoms with Crippen LogP contribution in [0.4, 0.5) is 0 Å². The molecule has 1 rings (SSSR count). The van der Waals surface area contributed by atoms with Crippen LogP contribution >= 0.6 is 0 Å². The van der Waals surface area contributed by atoms with Gasteiger partial charge < -0.3 is 5.73 Å². The Kier molecular flexibility index (Phi) is 2.35. The summed E-state index contributed by atoms with van der Waals surface area (Å²) in [4.78, 5) is 0.0116. The molecule has 70 valence electrons. The Labute approximate surface area is 75.9 Å². The van der Waals surface area contributed by atoms with Crippen LogP contribution in [0.3, 0.4) is 0 Å². The quantitative estimate of drug-likeness (QED) is 0.446. The molecule has 0 atom stereocenters. The van der Waals surface area contributed by atoms with Gasteiger partial charge in [0, 0.05) is 5.56 Å². The maximum atomic E-state index is 10.8. The van der Waals surface area contributed by atoms with E-state index in [0.29, 0.717) is 5.56 Å². The molecule has 13 heavy (non-hydrogen) atoms. The van der Waals surface area contributed by atoms with Crippen molar-refractivity contribution in [3.63, 3.8) is 0 Å². The van der Waals surface area contributed by atoms with Gasteiger partial charge in [-0.05, 0) is 24.3 Å². The lowest BCUT2D eigenvalue weighted by Crippen LogP contribution is -2.14. The van der Waals surface area contributed by atoms with Gasteiger partial charge in [-0.1, -0.05) is 0 Å². The van der Waals surface area contributed by atoms with E-state index in [9.17, 15) is 8.42 Å². The van der Waals surface area contributed by atoms with E-state index in [4.69, 9.17) is 16.3 Å². The Morgan fingerprint density at radius 3 is 2.00 bits per heavy atom. The molecule has 0 heterocycles. The molecule has 0 amide bonds. The topological polar surface area (TPSA) is 110 Å². The fourth-order valence-corrected chi connectivity index (χ4v) is 1.34. The van der Waals surface area contributed by atoms with Crippen LogP contribution in [0.2, 0.25) is 0 Å². The van der Waals surface area contributed by atoms with Crippen molar-refractivity contribution in [3.05, 3.63) is 29.8 Å². The molecule has 0 fully saturated rings. The lowest BCUT2D eigenvalue weighted by molar-refractivity contribution is 0.598. The Morgan fingerprint density at radius 2 is 1.69 bits per heavy atom. The van der Waals surface area contributed by atoms with Gasteiger partial charge >= 0.3 is 0 Å². The van der Waals surface area contributed by atoms with E-state index in [1.165, 1.54) is 24.3 Å². The van der Waals surface area contributed by atoms with Crippen molar-refractivity contribution >= 4 is 15.9 Å². The first-order chi connectivity index (χ1) is 5.91. The third kappa shape index (κ3) is 2.27. The minimum Gasteiger partial charge on any atom is -0.384 e. The molecule has 0 aliphatic carbocycles. The number of sulfonamides is 1. The molecule has 5 nitrogen and oxygen atoms in total. The van der Waals surface area contributed by atoms with Crippen molar-refractivity contribution in [1.82, 2.24) is 0 Å². The summed E-state index contributed by atoms with van der Waals surface area (Å²) in [7, 11) is -3.66. The van der Waals surface area contributed by atoms with Gasteiger partial charge in [-0.2, -0.15) is 0 Å². The molecule has 0 aromatic heterocycles. The Balaban J connectivity index is 3.16. The lowest BCUT2D eigenvalue weighted by atomic mass is 10.2. The highest BCUT2D eigenvalue weighted by Gasteiger charge is 2.06. The van der Waals surface area contributed by atoms with E-state index in [0.717, 1.165) is 0 Å². The van der Waals surface area contributed by atoms with E-state index < -0.39 is 10.0 Å². The van der Waals surface area contributed by atoms with Crippen LogP contribution in [-0.4, -0.2) is 14.3 Å². The van der Waals surface area contributed by atoms with Crippen molar-refractivity contribution < 1.29 is 8.42 Å². The predicted octanol–water partition coefficient (Wildman–Crippen LogP) is -0.382. The van der Waals surface area contributed by atoms with Gasteiger partial charge in [0.15, 0.2) is 0 Å². The smallest absolute Gasteiger partial charge is 0.238 e. The first kappa shape index (κ1) is 9.69. The number of benzene rings is 1. The standard InChI is InChI=1S/C7H9N3O2S/c8-7(9)5-1-3-6(4-2-5)13(10,11)12/h1-4H,(H3,8,9)(H2,10,11,12). The van der Waals surface area contributed by atoms with Crippen molar-refractivity contribution in [2.24, 2.45) is 10.9 Å². The molecule has 1 aromatic rings. The highest BCUT2D eigenvalue weighted by atomic mass is 32.2. The molecular weight excluding hydrogens is 190 g/mol. The second-order valence-electron chi connectivity index (χ2n) is 2.48. The van der Waals surface area contributed by atoms with Crippen molar-refractivity contribution in [2.75, 3.05) is 0 Å². The zero-order valence-electron chi connectivity index (χ0n) is 6.69. The van der Waals surface area contributed by atoms with E-state index in [1.807, 2.05) is 0 Å². The van der Waals surface area contributed by atoms with Crippen LogP contribution in [0.1, 0.15) is 5.56 Å². The number of nitrogens with one attached hydrogen (secondary N) is 1. The molecule has 6 heteroatoms. The van der Waals surface area contributed by atoms with Gasteiger partial charge in [0.1, 0.15) is 5.84 Å². The summed E-state index contributed by atoms with van der Waals surface area (Å²) in [5, 5.41) is 11.9. The van der Waals surface area contributed by atoms with Crippen molar-refractivity contribution in [1.29, 1.82) is 5.41 Å². The number of nitrogen functional groups attached to an aromatic ring is 1. The zero-order valence-corrected chi connectivity index (χ0v) is 7.51. The molecule has 5 N–H and O–H groups in total. The number of hydrogen-bond acceptors (Lipinski definition) is 3. The molecule has 0 aliphatic rings. The number of amidine groups is 1. The maximum absolute atomic E-state index is 10.8. The van der Waals surface area contributed by atoms with Crippen molar-refractivity contribution in [3.8, 4) is 0 Å². The van der Waals surface area contributed by atoms with Gasteiger partial charge in [-0.3, -0.25) is 5.41 Å². The van der Waals surface area contributed by atoms with Gasteiger partial charge in [0.2, 0.25) is 10.0 Å². The Hall–Kier alpha value is -1.40. The van der Waals surface area contributed by atoms with Gasteiger partial charge in [0.05, 0.1) is 4.90 Å². The molecular formula is C7H9N3O2S. The summed E-state index contributed by atoms with van der Waals surface area (Å²) in [5.41, 5.74) is 5.64. The molecule has 0 spiro atoms. The predicted molar refractivity (Wildman–Crippen MR) is 48.8 cm³/mol. The molecule has 0 saturated carbocycles. The van der Waals surface area contributed by atoms with Crippen LogP contribution < -0.4 is 10.9 Å². The van der Waals surface area contributed by atoms with Gasteiger partial charge in [0.25, 0.3) is 0 Å². The monoisotopic (exact) mass is 199 g/mol. The van der Waals surface area contributed by atoms with E-state index >= 15 is 0 Å². The Morgan fingerprint density at radius 1 is 1.23 bits per heavy atom. The van der Waals surface area contributed by atoms with Crippen LogP contribution in [-0.2, 0) is 10.0 Å². The Bertz CT molecular complexity index is 422. The largest absolute Gasteiger partial charge is 0.384 e. The maximum Gasteiger partial charge on any atom is 0.238 e. The fraction of sp³-hybridized carbons (Fsp3) is 0. The normalized spacial score (nSPS) is 11.2. The molecule has 0 aliphatic heterocycles. The second kappa shape index (κ2) is 3.15. The third-order valence-corrected chi connectivity index (χ3v) is 2.42. The minimum atomic E-state index is -3.66. The number of nitrogens with two attached hydrogens (primary N) is 2. The average molecular weight is 199 g/mol. The SMILES string of the molecule is N=C(N)c1ccc(S(N)(=O)=O)cc1. The first-order valence-corrected chi connectivity index (χ1v) is 4.93. The fourth-order valence-electron chi connectivity index (χ4n) is 0.824. The summed E-state index contributed by atoms with van der Waals surface area (Å²) in [6, 6.07) is 5.49. The summed E-state index contributed by atoms with van der Waals surface area (Å²) < 4.78 is 21.6. The molecule has 1 aromatic carbocycles. The highest BCUT2D eigenvalue weighted by molar-refractivity contribution is 7.89. The summed E-state index contributed by atoms with van der Waals surface area (Å²) in [6.07, 6.45) is 0. The van der Waals surface area contributed by atoms with Gasteiger partial charge in [-0.15, -0.1) is 0 Å². The number of rotatable bonds is 2. The lowest BCUT2D eigenvalue weighted by Gasteiger charge is -1.99. The zero-order chi connectivity index (χ0) is 10.1. The van der Waals surface area contributed by atoms with Gasteiger partial charge in [-0.25, -0.2) is 13.6 Å². The summed E-state index contributed by atoms with van der Waals surface area (Å²) >= 11 is 0. The minimum absolute atomic E-state index is 0.0116. The summed E-state index contributed by atoms with van der Waals surface area (Å²) in [5.74, 6) is -0.110. The molecule has 0 radical (unpaired) electrons. The van der Waals surface area contributed by atoms with E-state index in [1.54, 1.807) is 0 Å². The van der Waals surface area contributed by atoms with Crippen LogP contribution in [0.5, 0.6) is 0 Å².